The largest absolute Gasteiger partial charge is 0.466 e. The van der Waals surface area contributed by atoms with E-state index in [1.165, 1.54) is 25.3 Å². The molecule has 0 amide bonds. The first-order valence-corrected chi connectivity index (χ1v) is 49.4. The zero-order chi connectivity index (χ0) is 98.7. The smallest absolute Gasteiger partial charge is 0.330 e. The van der Waals surface area contributed by atoms with Crippen molar-refractivity contribution in [2.75, 3.05) is 68.9 Å². The molecule has 0 spiro atoms. The maximum atomic E-state index is 11.7. The number of anilines is 4. The first-order chi connectivity index (χ1) is 66.3. The summed E-state index contributed by atoms with van der Waals surface area (Å²) in [6.45, 7) is 42.5. The second-order valence-electron chi connectivity index (χ2n) is 41.4. The van der Waals surface area contributed by atoms with Crippen LogP contribution in [0.25, 0.3) is 44.7 Å². The zero-order valence-corrected chi connectivity index (χ0v) is 83.2. The van der Waals surface area contributed by atoms with Gasteiger partial charge in [-0.2, -0.15) is 0 Å². The Balaban J connectivity index is 0.000000128. The van der Waals surface area contributed by atoms with Crippen molar-refractivity contribution in [2.45, 2.75) is 365 Å². The normalized spacial score (nSPS) is 32.0. The van der Waals surface area contributed by atoms with Crippen LogP contribution in [0.3, 0.4) is 0 Å². The highest BCUT2D eigenvalue weighted by Crippen LogP contribution is 2.52. The Labute approximate surface area is 809 Å². The summed E-state index contributed by atoms with van der Waals surface area (Å²) in [4.78, 5) is 107. The van der Waals surface area contributed by atoms with Crippen molar-refractivity contribution in [2.24, 2.45) is 23.7 Å². The van der Waals surface area contributed by atoms with Crippen LogP contribution in [-0.4, -0.2) is 313 Å². The summed E-state index contributed by atoms with van der Waals surface area (Å²) >= 11 is 0. The van der Waals surface area contributed by atoms with Gasteiger partial charge < -0.3 is 98.8 Å². The van der Waals surface area contributed by atoms with E-state index in [1.807, 2.05) is 107 Å². The van der Waals surface area contributed by atoms with E-state index in [4.69, 9.17) is 94.0 Å². The Bertz CT molecular complexity index is 5490. The van der Waals surface area contributed by atoms with Crippen LogP contribution in [0.2, 0.25) is 0 Å². The van der Waals surface area contributed by atoms with E-state index < -0.39 is 48.1 Å². The molecule has 12 fully saturated rings. The van der Waals surface area contributed by atoms with Gasteiger partial charge >= 0.3 is 17.9 Å². The number of imidazole rings is 4. The second kappa shape index (κ2) is 41.3. The molecule has 12 aliphatic rings. The summed E-state index contributed by atoms with van der Waals surface area (Å²) in [7, 11) is 0. The lowest BCUT2D eigenvalue weighted by atomic mass is 9.76. The Kier molecular flexibility index (Phi) is 30.0. The van der Waals surface area contributed by atoms with Crippen molar-refractivity contribution in [3.63, 3.8) is 0 Å². The van der Waals surface area contributed by atoms with E-state index in [2.05, 4.69) is 135 Å². The predicted molar refractivity (Wildman–Crippen MR) is 507 cm³/mol. The van der Waals surface area contributed by atoms with E-state index in [-0.39, 0.29) is 97.1 Å². The molecular weight excluding hydrogens is 1790 g/mol. The number of carbonyl (C=O) groups is 4. The molecule has 0 bridgehead atoms. The van der Waals surface area contributed by atoms with Crippen LogP contribution in [0.5, 0.6) is 0 Å². The standard InChI is InChI=1S/C25H38N6O5.2C25H36N6O5.C21H30N6O4/c3*1-6-33-18(32)8-7-15-9-16(10-15)30(14(2)3)11-17-20-21(36-25(4,5)35-20)24(34-17)31-13-29-19-22(26)27-12-28-23(19)31;1-11(2)26(13-5-12(6-13)8-28)7-14-16-17(31-21(3,4)30-16)20(29-14)27-10-25-15-18(22)23-9-24-19(15)27/h12-17,20-21,24H,6-11H2,1-5H3,(H2,26,27,28);2*7-8,12-17,20-21,24H,6,9-11H2,1-5H3,(H2,26,27,28);8-14,16-17,20H,5-7H2,1-4H3,(H2,22,23,24)/b;2*8-7+;/t3*15?,16?,17-,20-,21-,24-;12?,13?,14-,16-,17-,20-/m1111/s1. The average molecular weight is 1930 g/mol. The number of aldehydes is 1. The molecule has 8 aromatic rings. The fourth-order valence-corrected chi connectivity index (χ4v) is 22.0. The van der Waals surface area contributed by atoms with Crippen molar-refractivity contribution in [1.29, 1.82) is 0 Å². The van der Waals surface area contributed by atoms with Crippen LogP contribution in [0.15, 0.2) is 74.9 Å². The van der Waals surface area contributed by atoms with Crippen LogP contribution < -0.4 is 22.9 Å². The molecule has 0 unspecified atom stereocenters. The summed E-state index contributed by atoms with van der Waals surface area (Å²) in [6, 6.07) is 2.96. The van der Waals surface area contributed by atoms with Gasteiger partial charge in [-0.3, -0.25) is 42.7 Å². The lowest BCUT2D eigenvalue weighted by Gasteiger charge is -2.46. The van der Waals surface area contributed by atoms with E-state index in [1.54, 1.807) is 37.5 Å². The number of aromatic nitrogens is 16. The molecule has 0 aromatic carbocycles. The minimum Gasteiger partial charge on any atom is -0.466 e. The number of allylic oxidation sites excluding steroid dienone is 2. The van der Waals surface area contributed by atoms with E-state index in [0.29, 0.717) is 180 Å². The highest BCUT2D eigenvalue weighted by atomic mass is 16.8. The van der Waals surface area contributed by atoms with Crippen LogP contribution >= 0.6 is 0 Å². The highest BCUT2D eigenvalue weighted by molar-refractivity contribution is 5.84. The van der Waals surface area contributed by atoms with Gasteiger partial charge in [-0.05, 0) is 207 Å². The lowest BCUT2D eigenvalue weighted by Crippen LogP contribution is -2.52. The fraction of sp³-hybridized carbons (Fsp3) is 0.708. The van der Waals surface area contributed by atoms with Crippen molar-refractivity contribution < 1.29 is 90.2 Å². The van der Waals surface area contributed by atoms with Gasteiger partial charge in [0.05, 0.1) is 45.1 Å². The van der Waals surface area contributed by atoms with Crippen molar-refractivity contribution >= 4 is 92.1 Å². The molecule has 8 N–H and O–H groups in total. The van der Waals surface area contributed by atoms with Gasteiger partial charge in [0.1, 0.15) is 127 Å². The molecule has 8 aromatic heterocycles. The van der Waals surface area contributed by atoms with Gasteiger partial charge in [-0.15, -0.1) is 0 Å². The molecule has 8 aliphatic heterocycles. The number of esters is 3. The minimum atomic E-state index is -0.720. The van der Waals surface area contributed by atoms with Gasteiger partial charge in [-0.1, -0.05) is 12.2 Å². The highest BCUT2D eigenvalue weighted by Gasteiger charge is 2.62. The molecule has 43 heteroatoms. The third-order valence-electron chi connectivity index (χ3n) is 28.7. The van der Waals surface area contributed by atoms with Crippen LogP contribution in [0, 0.1) is 23.7 Å². The van der Waals surface area contributed by atoms with Gasteiger partial charge in [0.15, 0.2) is 93.9 Å². The molecule has 20 rings (SSSR count). The maximum Gasteiger partial charge on any atom is 0.330 e. The first kappa shape index (κ1) is 101. The maximum absolute atomic E-state index is 11.7. The summed E-state index contributed by atoms with van der Waals surface area (Å²) in [5, 5.41) is 0. The minimum absolute atomic E-state index is 0.0989. The second-order valence-corrected chi connectivity index (χ2v) is 41.4. The lowest BCUT2D eigenvalue weighted by molar-refractivity contribution is -0.199. The van der Waals surface area contributed by atoms with Gasteiger partial charge in [0.2, 0.25) is 0 Å². The Morgan fingerprint density at radius 1 is 0.374 bits per heavy atom. The molecule has 16 heterocycles. The van der Waals surface area contributed by atoms with E-state index in [9.17, 15) is 19.2 Å². The number of fused-ring (bicyclic) bond motifs is 8. The van der Waals surface area contributed by atoms with E-state index in [0.717, 1.165) is 70.6 Å². The summed E-state index contributed by atoms with van der Waals surface area (Å²) < 4.78 is 99.4. The van der Waals surface area contributed by atoms with Crippen molar-refractivity contribution in [3.8, 4) is 0 Å². The number of hydrogen-bond donors (Lipinski definition) is 4. The quantitative estimate of drug-likeness (QED) is 0.0136. The van der Waals surface area contributed by atoms with E-state index >= 15 is 0 Å². The molecule has 4 saturated carbocycles. The molecular formula is C96H140N24O19. The summed E-state index contributed by atoms with van der Waals surface area (Å²) in [6.07, 6.45) is 25.2. The number of carbonyl (C=O) groups excluding carboxylic acids is 4. The van der Waals surface area contributed by atoms with Gasteiger partial charge in [-0.25, -0.2) is 69.4 Å². The van der Waals surface area contributed by atoms with Crippen LogP contribution in [-0.2, 0) is 90.2 Å². The monoisotopic (exact) mass is 1930 g/mol. The van der Waals surface area contributed by atoms with Crippen LogP contribution in [0.1, 0.15) is 221 Å². The molecule has 43 nitrogen and oxygen atoms in total. The molecule has 758 valence electrons. The SMILES string of the molecule is CC(C)N(C[C@H]1O[C@@H](n2cnc3c(N)ncnc32)[C@@H]2OC(C)(C)O[C@@H]21)C1CC(C=O)C1.CCOC(=O)/C=C/C1CC(N(C[C@H]2O[C@@H](n3cnc4c(N)ncnc43)[C@@H]3OC(C)(C)O[C@@H]32)C(C)C)C1.CCOC(=O)/C=C/C1CC(N(C[C@H]2O[C@@H](n3cnc4c(N)ncnc43)[C@@H]3OC(C)(C)O[C@@H]32)C(C)C)C1.CCOC(=O)CCC1CC(N(C[C@H]2O[C@@H](n3cnc4c(N)ncnc43)[C@@H]3OC(C)(C)O[C@@H]32)C(C)C)C1. The topological polar surface area (TPSA) is 498 Å². The number of nitrogens with two attached hydrogens (primary N) is 4. The molecule has 8 saturated heterocycles. The Morgan fingerprint density at radius 3 is 0.878 bits per heavy atom. The average Bonchev–Trinajstić information content (AvgIpc) is 1.60. The number of nitrogens with zero attached hydrogens (tertiary/aromatic N) is 20. The predicted octanol–water partition coefficient (Wildman–Crippen LogP) is 9.04. The van der Waals surface area contributed by atoms with Gasteiger partial charge in [0.25, 0.3) is 0 Å². The van der Waals surface area contributed by atoms with Crippen molar-refractivity contribution in [1.82, 2.24) is 97.7 Å². The van der Waals surface area contributed by atoms with Gasteiger partial charge in [0, 0.05) is 99.0 Å². The third kappa shape index (κ3) is 21.5. The number of hydrogen-bond acceptors (Lipinski definition) is 39. The summed E-state index contributed by atoms with van der Waals surface area (Å²) in [5.74, 6) is -0.717. The Morgan fingerprint density at radius 2 is 0.626 bits per heavy atom. The number of nitrogen functional groups attached to an aromatic ring is 4. The number of rotatable bonds is 31. The molecule has 139 heavy (non-hydrogen) atoms. The first-order valence-electron chi connectivity index (χ1n) is 49.4. The molecule has 4 aliphatic carbocycles. The third-order valence-corrected chi connectivity index (χ3v) is 28.7. The molecule has 16 atom stereocenters. The number of ether oxygens (including phenoxy) is 15. The van der Waals surface area contributed by atoms with Crippen LogP contribution in [0.4, 0.5) is 23.3 Å². The zero-order valence-electron chi connectivity index (χ0n) is 83.2. The fourth-order valence-electron chi connectivity index (χ4n) is 22.0. The summed E-state index contributed by atoms with van der Waals surface area (Å²) in [5.41, 5.74) is 28.6. The Hall–Kier alpha value is -9.68. The molecule has 0 radical (unpaired) electrons. The van der Waals surface area contributed by atoms with Crippen molar-refractivity contribution in [3.05, 3.63) is 74.9 Å².